The van der Waals surface area contributed by atoms with Crippen molar-refractivity contribution in [3.05, 3.63) is 129 Å². The monoisotopic (exact) mass is 682 g/mol. The largest absolute Gasteiger partial charge is 0.460 e. The summed E-state index contributed by atoms with van der Waals surface area (Å²) in [6.07, 6.45) is -0.793. The van der Waals surface area contributed by atoms with Gasteiger partial charge in [-0.05, 0) is 29.2 Å². The van der Waals surface area contributed by atoms with Crippen LogP contribution < -0.4 is 10.3 Å². The molecule has 3 aromatic carbocycles. The third-order valence-corrected chi connectivity index (χ3v) is 11.9. The molecule has 1 fully saturated rings. The molecule has 2 aliphatic rings. The Bertz CT molecular complexity index is 1870. The van der Waals surface area contributed by atoms with Crippen molar-refractivity contribution in [3.63, 3.8) is 0 Å². The third-order valence-electron chi connectivity index (χ3n) is 8.49. The minimum absolute atomic E-state index is 0.126. The Hall–Kier alpha value is -4.19. The van der Waals surface area contributed by atoms with Gasteiger partial charge in [0.1, 0.15) is 5.37 Å². The van der Waals surface area contributed by atoms with Crippen LogP contribution in [-0.2, 0) is 27.8 Å². The summed E-state index contributed by atoms with van der Waals surface area (Å²) in [4.78, 5) is 47.1. The summed E-state index contributed by atoms with van der Waals surface area (Å²) in [5.74, 6) is -0.498. The maximum absolute atomic E-state index is 14.0. The SMILES string of the molecule is CO[C@H]1C(=O)N2C(C(=O)C(C)(C)C)=C(C)C(Cc3ccccc3)(Sc3nc(=O)c(OC(c4ccccc4)c4ccccc4)nn3C)S[C@H]12. The van der Waals surface area contributed by atoms with Crippen molar-refractivity contribution < 1.29 is 19.1 Å². The first kappa shape index (κ1) is 33.7. The van der Waals surface area contributed by atoms with E-state index in [4.69, 9.17) is 9.47 Å². The number of β-lactam (4-membered cyclic amide) rings is 1. The number of rotatable bonds is 10. The number of hydrogen-bond donors (Lipinski definition) is 0. The first-order valence-corrected chi connectivity index (χ1v) is 17.4. The third kappa shape index (κ3) is 6.34. The number of amides is 1. The molecule has 0 aliphatic carbocycles. The van der Waals surface area contributed by atoms with Crippen molar-refractivity contribution in [2.45, 2.75) is 60.9 Å². The quantitative estimate of drug-likeness (QED) is 0.181. The van der Waals surface area contributed by atoms with E-state index >= 15 is 0 Å². The number of hydrogen-bond acceptors (Lipinski definition) is 9. The predicted octanol–water partition coefficient (Wildman–Crippen LogP) is 6.19. The average Bonchev–Trinajstić information content (AvgIpc) is 3.07. The highest BCUT2D eigenvalue weighted by molar-refractivity contribution is 8.18. The molecule has 248 valence electrons. The van der Waals surface area contributed by atoms with Gasteiger partial charge in [0.15, 0.2) is 23.1 Å². The van der Waals surface area contributed by atoms with Gasteiger partial charge >= 0.3 is 11.4 Å². The highest BCUT2D eigenvalue weighted by atomic mass is 32.2. The van der Waals surface area contributed by atoms with Crippen molar-refractivity contribution in [1.82, 2.24) is 19.7 Å². The summed E-state index contributed by atoms with van der Waals surface area (Å²) in [7, 11) is 3.23. The van der Waals surface area contributed by atoms with E-state index in [0.29, 0.717) is 17.3 Å². The number of thioether (sulfide) groups is 2. The molecule has 0 bridgehead atoms. The smallest absolute Gasteiger partial charge is 0.336 e. The molecule has 1 unspecified atom stereocenters. The van der Waals surface area contributed by atoms with Crippen LogP contribution in [0.3, 0.4) is 0 Å². The van der Waals surface area contributed by atoms with Crippen LogP contribution in [0.25, 0.3) is 0 Å². The lowest BCUT2D eigenvalue weighted by Gasteiger charge is -2.55. The lowest BCUT2D eigenvalue weighted by Crippen LogP contribution is -2.68. The van der Waals surface area contributed by atoms with E-state index in [2.05, 4.69) is 10.1 Å². The molecule has 0 radical (unpaired) electrons. The van der Waals surface area contributed by atoms with E-state index in [1.807, 2.05) is 119 Å². The molecule has 0 spiro atoms. The number of fused-ring (bicyclic) bond motifs is 1. The van der Waals surface area contributed by atoms with E-state index in [0.717, 1.165) is 22.3 Å². The van der Waals surface area contributed by atoms with Gasteiger partial charge in [-0.2, -0.15) is 4.98 Å². The topological polar surface area (TPSA) is 104 Å². The second-order valence-corrected chi connectivity index (χ2v) is 15.8. The fourth-order valence-corrected chi connectivity index (χ4v) is 9.27. The highest BCUT2D eigenvalue weighted by Crippen LogP contribution is 2.59. The van der Waals surface area contributed by atoms with Gasteiger partial charge in [-0.15, -0.1) is 16.9 Å². The number of aromatic nitrogens is 3. The minimum Gasteiger partial charge on any atom is -0.460 e. The molecule has 4 aromatic rings. The van der Waals surface area contributed by atoms with Gasteiger partial charge in [-0.25, -0.2) is 4.68 Å². The van der Waals surface area contributed by atoms with Crippen LogP contribution in [0.1, 0.15) is 50.5 Å². The van der Waals surface area contributed by atoms with E-state index in [1.165, 1.54) is 30.6 Å². The molecular weight excluding hydrogens is 645 g/mol. The van der Waals surface area contributed by atoms with Crippen molar-refractivity contribution in [3.8, 4) is 5.88 Å². The Labute approximate surface area is 288 Å². The Balaban J connectivity index is 1.44. The summed E-state index contributed by atoms with van der Waals surface area (Å²) < 4.78 is 12.6. The summed E-state index contributed by atoms with van der Waals surface area (Å²) >= 11 is 2.89. The molecular formula is C37H38N4O5S2. The van der Waals surface area contributed by atoms with Crippen molar-refractivity contribution in [2.75, 3.05) is 7.11 Å². The van der Waals surface area contributed by atoms with E-state index in [9.17, 15) is 14.4 Å². The van der Waals surface area contributed by atoms with E-state index in [1.54, 1.807) is 16.6 Å². The molecule has 0 saturated carbocycles. The highest BCUT2D eigenvalue weighted by Gasteiger charge is 2.60. The predicted molar refractivity (Wildman–Crippen MR) is 188 cm³/mol. The van der Waals surface area contributed by atoms with Crippen LogP contribution in [0, 0.1) is 5.41 Å². The minimum atomic E-state index is -0.839. The summed E-state index contributed by atoms with van der Waals surface area (Å²) in [6, 6.07) is 29.3. The van der Waals surface area contributed by atoms with E-state index in [-0.39, 0.29) is 17.6 Å². The molecule has 48 heavy (non-hydrogen) atoms. The number of ketones is 1. The second-order valence-electron chi connectivity index (χ2n) is 12.9. The van der Waals surface area contributed by atoms with Crippen LogP contribution in [0.5, 0.6) is 5.88 Å². The number of benzene rings is 3. The van der Waals surface area contributed by atoms with Crippen molar-refractivity contribution >= 4 is 35.2 Å². The summed E-state index contributed by atoms with van der Waals surface area (Å²) in [5, 5.41) is 4.51. The fraction of sp³-hybridized carbons (Fsp3) is 0.324. The zero-order valence-corrected chi connectivity index (χ0v) is 29.4. The number of ether oxygens (including phenoxy) is 2. The molecule has 1 saturated heterocycles. The molecule has 9 nitrogen and oxygen atoms in total. The zero-order valence-electron chi connectivity index (χ0n) is 27.7. The number of nitrogens with zero attached hydrogens (tertiary/aromatic N) is 4. The van der Waals surface area contributed by atoms with Crippen molar-refractivity contribution in [2.24, 2.45) is 12.5 Å². The molecule has 2 aliphatic heterocycles. The first-order valence-electron chi connectivity index (χ1n) is 15.7. The zero-order chi connectivity index (χ0) is 34.2. The van der Waals surface area contributed by atoms with Crippen LogP contribution >= 0.6 is 23.5 Å². The molecule has 6 rings (SSSR count). The fourth-order valence-electron chi connectivity index (χ4n) is 5.90. The van der Waals surface area contributed by atoms with Gasteiger partial charge in [0.05, 0.1) is 9.78 Å². The van der Waals surface area contributed by atoms with Crippen molar-refractivity contribution in [1.29, 1.82) is 0 Å². The van der Waals surface area contributed by atoms with Gasteiger partial charge in [-0.1, -0.05) is 124 Å². The van der Waals surface area contributed by atoms with Gasteiger partial charge < -0.3 is 9.47 Å². The summed E-state index contributed by atoms with van der Waals surface area (Å²) in [6.45, 7) is 7.45. The van der Waals surface area contributed by atoms with Crippen LogP contribution in [0.2, 0.25) is 0 Å². The molecule has 11 heteroatoms. The van der Waals surface area contributed by atoms with Gasteiger partial charge in [0.25, 0.3) is 5.91 Å². The number of carbonyl (C=O) groups is 2. The molecule has 3 heterocycles. The normalized spacial score (nSPS) is 20.8. The standard InChI is InChI=1S/C37H38N4O5S2/c1-23-27(30(42)36(2,3)4)41-33(44)29(45-6)34(41)47-37(23,22-24-16-10-7-11-17-24)48-35-38-31(43)32(39-40(35)5)46-28(25-18-12-8-13-19-25)26-20-14-9-15-21-26/h7-21,28-29,34H,22H2,1-6H3/t29-,34+,37?/m0/s1. The Morgan fingerprint density at radius 3 is 2.06 bits per heavy atom. The Morgan fingerprint density at radius 2 is 1.52 bits per heavy atom. The number of allylic oxidation sites excluding steroid dienone is 1. The average molecular weight is 683 g/mol. The van der Waals surface area contributed by atoms with Crippen LogP contribution in [-0.4, -0.2) is 54.0 Å². The number of aryl methyl sites for hydroxylation is 1. The maximum Gasteiger partial charge on any atom is 0.336 e. The van der Waals surface area contributed by atoms with Gasteiger partial charge in [-0.3, -0.25) is 19.3 Å². The Morgan fingerprint density at radius 1 is 0.958 bits per heavy atom. The lowest BCUT2D eigenvalue weighted by atomic mass is 9.84. The number of carbonyl (C=O) groups excluding carboxylic acids is 2. The second kappa shape index (κ2) is 13.4. The molecule has 3 atom stereocenters. The molecule has 1 aromatic heterocycles. The number of Topliss-reactive ketones (excluding diaryl/α,β-unsaturated/α-hetero) is 1. The van der Waals surface area contributed by atoms with Crippen LogP contribution in [0.15, 0.2) is 112 Å². The van der Waals surface area contributed by atoms with Crippen LogP contribution in [0.4, 0.5) is 0 Å². The maximum atomic E-state index is 14.0. The van der Waals surface area contributed by atoms with Gasteiger partial charge in [0.2, 0.25) is 0 Å². The molecule has 0 N–H and O–H groups in total. The number of methoxy groups -OCH3 is 1. The van der Waals surface area contributed by atoms with Gasteiger partial charge in [0, 0.05) is 26.0 Å². The lowest BCUT2D eigenvalue weighted by molar-refractivity contribution is -0.160. The Kier molecular flexibility index (Phi) is 9.39. The summed E-state index contributed by atoms with van der Waals surface area (Å²) in [5.41, 5.74) is 2.52. The molecule has 1 amide bonds. The first-order chi connectivity index (χ1) is 22.9. The van der Waals surface area contributed by atoms with E-state index < -0.39 is 32.6 Å².